The largest absolute Gasteiger partial charge is 0.269 e. The highest BCUT2D eigenvalue weighted by Crippen LogP contribution is 2.15. The fraction of sp³-hybridized carbons (Fsp3) is 0.500. The zero-order valence-electron chi connectivity index (χ0n) is 10.2. The fourth-order valence-electron chi connectivity index (χ4n) is 1.92. The Labute approximate surface area is 110 Å². The van der Waals surface area contributed by atoms with Gasteiger partial charge < -0.3 is 0 Å². The molecular weight excluding hydrogens is 280 g/mol. The van der Waals surface area contributed by atoms with Gasteiger partial charge in [0, 0.05) is 12.4 Å². The lowest BCUT2D eigenvalue weighted by Crippen LogP contribution is -2.09. The van der Waals surface area contributed by atoms with Crippen molar-refractivity contribution in [2.75, 3.05) is 0 Å². The highest BCUT2D eigenvalue weighted by Gasteiger charge is 2.08. The summed E-state index contributed by atoms with van der Waals surface area (Å²) in [5.41, 5.74) is 1.05. The summed E-state index contributed by atoms with van der Waals surface area (Å²) in [5.74, 6) is 0. The van der Waals surface area contributed by atoms with Gasteiger partial charge in [-0.2, -0.15) is 10.2 Å². The van der Waals surface area contributed by atoms with Gasteiger partial charge in [-0.15, -0.1) is 0 Å². The predicted molar refractivity (Wildman–Crippen MR) is 70.9 cm³/mol. The van der Waals surface area contributed by atoms with E-state index in [1.807, 2.05) is 10.9 Å². The van der Waals surface area contributed by atoms with Crippen LogP contribution in [0.25, 0.3) is 0 Å². The van der Waals surface area contributed by atoms with E-state index in [2.05, 4.69) is 56.9 Å². The molecule has 0 bridgehead atoms. The first-order chi connectivity index (χ1) is 8.22. The monoisotopic (exact) mass is 296 g/mol. The quantitative estimate of drug-likeness (QED) is 0.849. The third-order valence-electron chi connectivity index (χ3n) is 2.91. The Hall–Kier alpha value is -1.10. The fourth-order valence-corrected chi connectivity index (χ4v) is 2.25. The van der Waals surface area contributed by atoms with E-state index in [-0.39, 0.29) is 0 Å². The summed E-state index contributed by atoms with van der Waals surface area (Å²) in [4.78, 5) is 0. The molecule has 17 heavy (non-hydrogen) atoms. The van der Waals surface area contributed by atoms with Crippen molar-refractivity contribution in [3.63, 3.8) is 0 Å². The van der Waals surface area contributed by atoms with Crippen molar-refractivity contribution >= 4 is 15.9 Å². The van der Waals surface area contributed by atoms with E-state index in [0.717, 1.165) is 29.6 Å². The summed E-state index contributed by atoms with van der Waals surface area (Å²) in [7, 11) is 0. The Balaban J connectivity index is 2.08. The van der Waals surface area contributed by atoms with Crippen LogP contribution in [0.4, 0.5) is 0 Å². The van der Waals surface area contributed by atoms with E-state index in [1.165, 1.54) is 0 Å². The lowest BCUT2D eigenvalue weighted by atomic mass is 10.2. The second-order valence-electron chi connectivity index (χ2n) is 4.11. The number of nitrogens with zero attached hydrogens (tertiary/aromatic N) is 4. The molecule has 2 rings (SSSR count). The second-order valence-corrected chi connectivity index (χ2v) is 5.03. The molecule has 0 unspecified atom stereocenters. The smallest absolute Gasteiger partial charge is 0.0850 e. The van der Waals surface area contributed by atoms with Gasteiger partial charge in [0.2, 0.25) is 0 Å². The van der Waals surface area contributed by atoms with Crippen LogP contribution in [0.2, 0.25) is 0 Å². The minimum absolute atomic E-state index is 0.508. The van der Waals surface area contributed by atoms with Crippen LogP contribution < -0.4 is 0 Å². The lowest BCUT2D eigenvalue weighted by molar-refractivity contribution is 0.424. The van der Waals surface area contributed by atoms with Crippen molar-refractivity contribution < 1.29 is 0 Å². The molecule has 0 aliphatic heterocycles. The van der Waals surface area contributed by atoms with E-state index in [0.29, 0.717) is 6.04 Å². The van der Waals surface area contributed by atoms with Crippen LogP contribution in [-0.2, 0) is 6.54 Å². The van der Waals surface area contributed by atoms with Crippen molar-refractivity contribution in [1.82, 2.24) is 19.6 Å². The third-order valence-corrected chi connectivity index (χ3v) is 3.32. The molecule has 4 nitrogen and oxygen atoms in total. The highest BCUT2D eigenvalue weighted by atomic mass is 79.9. The highest BCUT2D eigenvalue weighted by molar-refractivity contribution is 9.10. The molecular formula is C12H17BrN4. The van der Waals surface area contributed by atoms with Crippen LogP contribution in [0.1, 0.15) is 38.4 Å². The van der Waals surface area contributed by atoms with Crippen LogP contribution >= 0.6 is 15.9 Å². The van der Waals surface area contributed by atoms with Gasteiger partial charge in [-0.05, 0) is 34.8 Å². The molecule has 0 spiro atoms. The van der Waals surface area contributed by atoms with Crippen molar-refractivity contribution in [1.29, 1.82) is 0 Å². The minimum atomic E-state index is 0.508. The maximum Gasteiger partial charge on any atom is 0.0850 e. The summed E-state index contributed by atoms with van der Waals surface area (Å²) in [6, 6.07) is 2.57. The average Bonchev–Trinajstić information content (AvgIpc) is 2.91. The van der Waals surface area contributed by atoms with Crippen molar-refractivity contribution in [3.05, 3.63) is 34.8 Å². The van der Waals surface area contributed by atoms with Gasteiger partial charge in [0.05, 0.1) is 29.0 Å². The molecule has 2 heterocycles. The maximum atomic E-state index is 4.60. The molecule has 0 N–H and O–H groups in total. The van der Waals surface area contributed by atoms with Crippen LogP contribution in [0.15, 0.2) is 29.1 Å². The topological polar surface area (TPSA) is 35.6 Å². The van der Waals surface area contributed by atoms with E-state index in [4.69, 9.17) is 0 Å². The standard InChI is InChI=1S/C12H17BrN4/c1-3-12(4-2)17-6-5-11(15-17)9-16-8-10(13)7-14-16/h5-8,12H,3-4,9H2,1-2H3. The molecule has 0 aliphatic carbocycles. The normalized spacial score (nSPS) is 11.3. The lowest BCUT2D eigenvalue weighted by Gasteiger charge is -2.12. The van der Waals surface area contributed by atoms with E-state index < -0.39 is 0 Å². The predicted octanol–water partition coefficient (Wildman–Crippen LogP) is 3.25. The summed E-state index contributed by atoms with van der Waals surface area (Å²) < 4.78 is 4.94. The van der Waals surface area contributed by atoms with Gasteiger partial charge in [0.25, 0.3) is 0 Å². The molecule has 2 aromatic heterocycles. The number of aromatic nitrogens is 4. The molecule has 0 atom stereocenters. The van der Waals surface area contributed by atoms with Crippen LogP contribution in [0.3, 0.4) is 0 Å². The third kappa shape index (κ3) is 2.97. The van der Waals surface area contributed by atoms with E-state index in [1.54, 1.807) is 6.20 Å². The van der Waals surface area contributed by atoms with Gasteiger partial charge in [-0.3, -0.25) is 9.36 Å². The molecule has 0 aliphatic rings. The van der Waals surface area contributed by atoms with Crippen molar-refractivity contribution in [3.8, 4) is 0 Å². The Morgan fingerprint density at radius 2 is 2.12 bits per heavy atom. The Morgan fingerprint density at radius 3 is 2.71 bits per heavy atom. The Kier molecular flexibility index (Phi) is 3.99. The molecule has 2 aromatic rings. The van der Waals surface area contributed by atoms with Gasteiger partial charge >= 0.3 is 0 Å². The summed E-state index contributed by atoms with van der Waals surface area (Å²) >= 11 is 3.39. The number of hydrogen-bond donors (Lipinski definition) is 0. The van der Waals surface area contributed by atoms with Crippen LogP contribution in [0, 0.1) is 0 Å². The molecule has 0 saturated heterocycles. The minimum Gasteiger partial charge on any atom is -0.269 e. The number of halogens is 1. The van der Waals surface area contributed by atoms with Gasteiger partial charge in [0.1, 0.15) is 0 Å². The first-order valence-corrected chi connectivity index (χ1v) is 6.74. The number of rotatable bonds is 5. The van der Waals surface area contributed by atoms with E-state index >= 15 is 0 Å². The summed E-state index contributed by atoms with van der Waals surface area (Å²) in [6.07, 6.45) is 8.04. The second kappa shape index (κ2) is 5.49. The SMILES string of the molecule is CCC(CC)n1ccc(Cn2cc(Br)cn2)n1. The molecule has 5 heteroatoms. The number of hydrogen-bond acceptors (Lipinski definition) is 2. The van der Waals surface area contributed by atoms with Crippen LogP contribution in [0.5, 0.6) is 0 Å². The zero-order chi connectivity index (χ0) is 12.3. The molecule has 0 radical (unpaired) electrons. The van der Waals surface area contributed by atoms with E-state index in [9.17, 15) is 0 Å². The molecule has 0 aromatic carbocycles. The Morgan fingerprint density at radius 1 is 1.35 bits per heavy atom. The average molecular weight is 297 g/mol. The van der Waals surface area contributed by atoms with Crippen molar-refractivity contribution in [2.24, 2.45) is 0 Å². The first-order valence-electron chi connectivity index (χ1n) is 5.95. The van der Waals surface area contributed by atoms with Crippen LogP contribution in [-0.4, -0.2) is 19.6 Å². The first kappa shape index (κ1) is 12.4. The maximum absolute atomic E-state index is 4.60. The molecule has 0 saturated carbocycles. The molecule has 92 valence electrons. The van der Waals surface area contributed by atoms with Gasteiger partial charge in [-0.25, -0.2) is 0 Å². The molecule has 0 amide bonds. The summed E-state index contributed by atoms with van der Waals surface area (Å²) in [6.45, 7) is 5.11. The molecule has 0 fully saturated rings. The van der Waals surface area contributed by atoms with Gasteiger partial charge in [-0.1, -0.05) is 13.8 Å². The van der Waals surface area contributed by atoms with Crippen molar-refractivity contribution in [2.45, 2.75) is 39.3 Å². The zero-order valence-corrected chi connectivity index (χ0v) is 11.8. The summed E-state index contributed by atoms with van der Waals surface area (Å²) in [5, 5.41) is 8.82. The van der Waals surface area contributed by atoms with Gasteiger partial charge in [0.15, 0.2) is 0 Å². The Bertz CT molecular complexity index is 470.